The Hall–Kier alpha value is -1.44. The lowest BCUT2D eigenvalue weighted by molar-refractivity contribution is -0.290. The van der Waals surface area contributed by atoms with Gasteiger partial charge in [-0.1, -0.05) is 6.07 Å². The van der Waals surface area contributed by atoms with Crippen molar-refractivity contribution in [1.82, 2.24) is 4.98 Å². The van der Waals surface area contributed by atoms with Gasteiger partial charge in [0.1, 0.15) is 11.9 Å². The third kappa shape index (κ3) is 2.06. The molecule has 0 amide bonds. The maximum atomic E-state index is 12.9. The van der Waals surface area contributed by atoms with Crippen LogP contribution in [0.25, 0.3) is 0 Å². The molecule has 0 aliphatic heterocycles. The molecular formula is C8H8F5N3. The van der Waals surface area contributed by atoms with E-state index in [1.807, 2.05) is 0 Å². The quantitative estimate of drug-likeness (QED) is 0.777. The topological polar surface area (TPSA) is 64.9 Å². The van der Waals surface area contributed by atoms with Gasteiger partial charge in [0.15, 0.2) is 0 Å². The Kier molecular flexibility index (Phi) is 3.04. The molecule has 1 aromatic heterocycles. The zero-order valence-corrected chi connectivity index (χ0v) is 7.80. The fourth-order valence-electron chi connectivity index (χ4n) is 1.06. The van der Waals surface area contributed by atoms with Gasteiger partial charge in [-0.15, -0.1) is 0 Å². The van der Waals surface area contributed by atoms with Crippen molar-refractivity contribution in [3.05, 3.63) is 23.9 Å². The molecule has 3 nitrogen and oxygen atoms in total. The van der Waals surface area contributed by atoms with Crippen molar-refractivity contribution in [3.8, 4) is 0 Å². The number of hydrogen-bond acceptors (Lipinski definition) is 3. The van der Waals surface area contributed by atoms with Crippen LogP contribution in [-0.2, 0) is 0 Å². The van der Waals surface area contributed by atoms with Crippen LogP contribution in [0.2, 0.25) is 0 Å². The molecule has 1 rings (SSSR count). The maximum absolute atomic E-state index is 12.9. The number of nitrogens with two attached hydrogens (primary N) is 2. The van der Waals surface area contributed by atoms with Crippen molar-refractivity contribution in [2.24, 2.45) is 5.73 Å². The normalized spacial score (nSPS) is 14.9. The van der Waals surface area contributed by atoms with Gasteiger partial charge in [-0.3, -0.25) is 0 Å². The Morgan fingerprint density at radius 1 is 1.19 bits per heavy atom. The highest BCUT2D eigenvalue weighted by Crippen LogP contribution is 2.43. The van der Waals surface area contributed by atoms with E-state index in [2.05, 4.69) is 4.98 Å². The number of anilines is 1. The van der Waals surface area contributed by atoms with E-state index >= 15 is 0 Å². The zero-order chi connectivity index (χ0) is 12.6. The SMILES string of the molecule is Nc1ncccc1[C@@H](N)C(F)(F)C(F)(F)F. The van der Waals surface area contributed by atoms with Gasteiger partial charge in [-0.2, -0.15) is 22.0 Å². The molecular weight excluding hydrogens is 233 g/mol. The molecule has 1 heterocycles. The van der Waals surface area contributed by atoms with E-state index in [4.69, 9.17) is 11.5 Å². The molecule has 0 aliphatic carbocycles. The lowest BCUT2D eigenvalue weighted by Gasteiger charge is -2.26. The zero-order valence-electron chi connectivity index (χ0n) is 7.80. The number of pyridine rings is 1. The summed E-state index contributed by atoms with van der Waals surface area (Å²) >= 11 is 0. The van der Waals surface area contributed by atoms with E-state index in [0.717, 1.165) is 12.3 Å². The van der Waals surface area contributed by atoms with Crippen LogP contribution >= 0.6 is 0 Å². The Morgan fingerprint density at radius 2 is 1.75 bits per heavy atom. The van der Waals surface area contributed by atoms with Crippen LogP contribution in [0, 0.1) is 0 Å². The van der Waals surface area contributed by atoms with E-state index < -0.39 is 29.5 Å². The monoisotopic (exact) mass is 241 g/mol. The fraction of sp³-hybridized carbons (Fsp3) is 0.375. The second kappa shape index (κ2) is 3.85. The minimum Gasteiger partial charge on any atom is -0.383 e. The summed E-state index contributed by atoms with van der Waals surface area (Å²) in [7, 11) is 0. The third-order valence-electron chi connectivity index (χ3n) is 1.97. The summed E-state index contributed by atoms with van der Waals surface area (Å²) in [5.74, 6) is -5.50. The number of nitrogen functional groups attached to an aromatic ring is 1. The second-order valence-corrected chi connectivity index (χ2v) is 3.08. The predicted molar refractivity (Wildman–Crippen MR) is 46.6 cm³/mol. The molecule has 0 radical (unpaired) electrons. The first kappa shape index (κ1) is 12.6. The molecule has 0 aromatic carbocycles. The van der Waals surface area contributed by atoms with E-state index in [1.165, 1.54) is 6.07 Å². The first-order chi connectivity index (χ1) is 7.18. The van der Waals surface area contributed by atoms with Crippen LogP contribution in [0.1, 0.15) is 11.6 Å². The highest BCUT2D eigenvalue weighted by molar-refractivity contribution is 5.41. The number of aromatic nitrogens is 1. The van der Waals surface area contributed by atoms with Crippen LogP contribution < -0.4 is 11.5 Å². The summed E-state index contributed by atoms with van der Waals surface area (Å²) in [6, 6.07) is -0.411. The van der Waals surface area contributed by atoms with Gasteiger partial charge in [0.05, 0.1) is 0 Å². The molecule has 0 aliphatic rings. The molecule has 0 spiro atoms. The van der Waals surface area contributed by atoms with Crippen molar-refractivity contribution in [2.45, 2.75) is 18.1 Å². The highest BCUT2D eigenvalue weighted by Gasteiger charge is 2.62. The van der Waals surface area contributed by atoms with Crippen molar-refractivity contribution in [1.29, 1.82) is 0 Å². The van der Waals surface area contributed by atoms with Crippen LogP contribution in [0.3, 0.4) is 0 Å². The van der Waals surface area contributed by atoms with E-state index in [9.17, 15) is 22.0 Å². The van der Waals surface area contributed by atoms with Crippen molar-refractivity contribution in [2.75, 3.05) is 5.73 Å². The first-order valence-electron chi connectivity index (χ1n) is 4.08. The molecule has 0 saturated heterocycles. The summed E-state index contributed by atoms with van der Waals surface area (Å²) in [6.45, 7) is 0. The van der Waals surface area contributed by atoms with Gasteiger partial charge in [0, 0.05) is 11.8 Å². The Labute approximate surface area is 87.3 Å². The average Bonchev–Trinajstić information content (AvgIpc) is 2.15. The minimum absolute atomic E-state index is 0.445. The number of rotatable bonds is 2. The van der Waals surface area contributed by atoms with Gasteiger partial charge < -0.3 is 11.5 Å². The van der Waals surface area contributed by atoms with E-state index in [-0.39, 0.29) is 0 Å². The summed E-state index contributed by atoms with van der Waals surface area (Å²) in [5.41, 5.74) is 9.50. The molecule has 1 aromatic rings. The second-order valence-electron chi connectivity index (χ2n) is 3.08. The van der Waals surface area contributed by atoms with Crippen molar-refractivity contribution in [3.63, 3.8) is 0 Å². The average molecular weight is 241 g/mol. The van der Waals surface area contributed by atoms with E-state index in [0.29, 0.717) is 0 Å². The van der Waals surface area contributed by atoms with Gasteiger partial charge in [0.2, 0.25) is 0 Å². The fourth-order valence-corrected chi connectivity index (χ4v) is 1.06. The van der Waals surface area contributed by atoms with Crippen LogP contribution in [0.4, 0.5) is 27.8 Å². The summed E-state index contributed by atoms with van der Waals surface area (Å²) in [5, 5.41) is 0. The van der Waals surface area contributed by atoms with Gasteiger partial charge >= 0.3 is 12.1 Å². The van der Waals surface area contributed by atoms with E-state index in [1.54, 1.807) is 0 Å². The molecule has 0 saturated carbocycles. The lowest BCUT2D eigenvalue weighted by atomic mass is 10.0. The molecule has 0 unspecified atom stereocenters. The summed E-state index contributed by atoms with van der Waals surface area (Å²) in [6.07, 6.45) is -4.56. The Bertz CT molecular complexity index is 376. The smallest absolute Gasteiger partial charge is 0.383 e. The maximum Gasteiger partial charge on any atom is 0.455 e. The first-order valence-corrected chi connectivity index (χ1v) is 4.08. The van der Waals surface area contributed by atoms with Gasteiger partial charge in [0.25, 0.3) is 0 Å². The Morgan fingerprint density at radius 3 is 2.19 bits per heavy atom. The number of alkyl halides is 5. The summed E-state index contributed by atoms with van der Waals surface area (Å²) < 4.78 is 61.7. The molecule has 16 heavy (non-hydrogen) atoms. The number of nitrogens with zero attached hydrogens (tertiary/aromatic N) is 1. The van der Waals surface area contributed by atoms with Gasteiger partial charge in [-0.25, -0.2) is 4.98 Å². The number of halogens is 5. The molecule has 1 atom stereocenters. The standard InChI is InChI=1S/C8H8F5N3/c9-7(10,8(11,12)13)5(14)4-2-1-3-16-6(4)15/h1-3,5H,14H2,(H2,15,16)/t5-/m1/s1. The predicted octanol–water partition coefficient (Wildman–Crippen LogP) is 1.86. The minimum atomic E-state index is -5.73. The van der Waals surface area contributed by atoms with Crippen molar-refractivity contribution >= 4 is 5.82 Å². The van der Waals surface area contributed by atoms with Crippen LogP contribution in [0.5, 0.6) is 0 Å². The molecule has 0 bridgehead atoms. The van der Waals surface area contributed by atoms with Crippen LogP contribution in [-0.4, -0.2) is 17.1 Å². The number of hydrogen-bond donors (Lipinski definition) is 2. The largest absolute Gasteiger partial charge is 0.455 e. The van der Waals surface area contributed by atoms with Gasteiger partial charge in [-0.05, 0) is 6.07 Å². The summed E-state index contributed by atoms with van der Waals surface area (Å²) in [4.78, 5) is 3.39. The molecule has 0 fully saturated rings. The Balaban J connectivity index is 3.12. The molecule has 90 valence electrons. The van der Waals surface area contributed by atoms with Crippen LogP contribution in [0.15, 0.2) is 18.3 Å². The molecule has 4 N–H and O–H groups in total. The third-order valence-corrected chi connectivity index (χ3v) is 1.97. The highest BCUT2D eigenvalue weighted by atomic mass is 19.4. The molecule has 8 heteroatoms. The lowest BCUT2D eigenvalue weighted by Crippen LogP contribution is -2.46. The van der Waals surface area contributed by atoms with Crippen molar-refractivity contribution < 1.29 is 22.0 Å².